The molecule has 0 saturated carbocycles. The fraction of sp³-hybridized carbons (Fsp3) is 0.941. The molecule has 0 radical (unpaired) electrons. The molecule has 0 aliphatic heterocycles. The molecular formula is C17H36N2O2. The van der Waals surface area contributed by atoms with Crippen molar-refractivity contribution in [3.8, 4) is 0 Å². The molecule has 0 aliphatic carbocycles. The Morgan fingerprint density at radius 1 is 1.24 bits per heavy atom. The van der Waals surface area contributed by atoms with Gasteiger partial charge in [0, 0.05) is 11.6 Å². The predicted octanol–water partition coefficient (Wildman–Crippen LogP) is 3.21. The van der Waals surface area contributed by atoms with Crippen molar-refractivity contribution < 1.29 is 9.53 Å². The predicted molar refractivity (Wildman–Crippen MR) is 89.5 cm³/mol. The largest absolute Gasteiger partial charge is 0.468 e. The summed E-state index contributed by atoms with van der Waals surface area (Å²) in [6.07, 6.45) is 4.04. The lowest BCUT2D eigenvalue weighted by Crippen LogP contribution is -2.53. The Morgan fingerprint density at radius 3 is 2.24 bits per heavy atom. The third-order valence-corrected chi connectivity index (χ3v) is 4.56. The maximum Gasteiger partial charge on any atom is 0.325 e. The van der Waals surface area contributed by atoms with Crippen molar-refractivity contribution in [1.82, 2.24) is 10.2 Å². The van der Waals surface area contributed by atoms with Crippen LogP contribution in [-0.2, 0) is 9.53 Å². The third-order valence-electron chi connectivity index (χ3n) is 4.56. The van der Waals surface area contributed by atoms with Crippen molar-refractivity contribution in [1.29, 1.82) is 0 Å². The minimum absolute atomic E-state index is 0.168. The van der Waals surface area contributed by atoms with Crippen molar-refractivity contribution in [2.45, 2.75) is 84.3 Å². The first-order valence-corrected chi connectivity index (χ1v) is 8.16. The van der Waals surface area contributed by atoms with E-state index in [1.165, 1.54) is 7.11 Å². The highest BCUT2D eigenvalue weighted by molar-refractivity contribution is 5.80. The molecule has 0 aromatic rings. The monoisotopic (exact) mass is 300 g/mol. The van der Waals surface area contributed by atoms with E-state index in [0.29, 0.717) is 0 Å². The van der Waals surface area contributed by atoms with Gasteiger partial charge in [-0.3, -0.25) is 10.1 Å². The van der Waals surface area contributed by atoms with Gasteiger partial charge < -0.3 is 9.64 Å². The number of hydrogen-bond donors (Lipinski definition) is 1. The van der Waals surface area contributed by atoms with E-state index >= 15 is 0 Å². The molecule has 0 aromatic carbocycles. The number of rotatable bonds is 10. The number of unbranched alkanes of at least 4 members (excludes halogenated alkanes) is 1. The molecule has 4 nitrogen and oxygen atoms in total. The number of nitrogens with one attached hydrogen (secondary N) is 1. The number of nitrogens with zero attached hydrogens (tertiary/aromatic N) is 1. The van der Waals surface area contributed by atoms with Crippen LogP contribution in [0, 0.1) is 0 Å². The number of ether oxygens (including phenoxy) is 1. The second-order valence-corrected chi connectivity index (χ2v) is 7.17. The van der Waals surface area contributed by atoms with Crippen LogP contribution in [0.1, 0.15) is 67.2 Å². The minimum atomic E-state index is -0.582. The first-order valence-electron chi connectivity index (χ1n) is 8.16. The Morgan fingerprint density at radius 2 is 1.81 bits per heavy atom. The van der Waals surface area contributed by atoms with Crippen LogP contribution in [0.4, 0.5) is 0 Å². The first-order chi connectivity index (χ1) is 9.59. The van der Waals surface area contributed by atoms with Gasteiger partial charge in [0.1, 0.15) is 5.54 Å². The molecule has 21 heavy (non-hydrogen) atoms. The van der Waals surface area contributed by atoms with E-state index in [4.69, 9.17) is 4.74 Å². The van der Waals surface area contributed by atoms with Gasteiger partial charge in [0.15, 0.2) is 0 Å². The van der Waals surface area contributed by atoms with Gasteiger partial charge in [-0.2, -0.15) is 0 Å². The normalized spacial score (nSPS) is 15.3. The molecule has 0 saturated heterocycles. The summed E-state index contributed by atoms with van der Waals surface area (Å²) in [5, 5.41) is 3.35. The average molecular weight is 300 g/mol. The van der Waals surface area contributed by atoms with Gasteiger partial charge in [-0.15, -0.1) is 0 Å². The van der Waals surface area contributed by atoms with Crippen LogP contribution in [-0.4, -0.2) is 48.7 Å². The third kappa shape index (κ3) is 6.79. The van der Waals surface area contributed by atoms with Crippen LogP contribution in [0.15, 0.2) is 0 Å². The standard InChI is InChI=1S/C17H36N2O2/c1-9-16(4,5)19(7)13-11-10-12-17(6,15(20)21-8)18-14(2)3/h14,18H,9-13H2,1-8H3. The second-order valence-electron chi connectivity index (χ2n) is 7.17. The van der Waals surface area contributed by atoms with Gasteiger partial charge >= 0.3 is 5.97 Å². The van der Waals surface area contributed by atoms with Crippen molar-refractivity contribution in [2.24, 2.45) is 0 Å². The Balaban J connectivity index is 4.36. The highest BCUT2D eigenvalue weighted by atomic mass is 16.5. The summed E-state index contributed by atoms with van der Waals surface area (Å²) in [4.78, 5) is 14.4. The molecule has 0 heterocycles. The molecule has 0 aliphatic rings. The van der Waals surface area contributed by atoms with Crippen molar-refractivity contribution in [2.75, 3.05) is 20.7 Å². The topological polar surface area (TPSA) is 41.6 Å². The smallest absolute Gasteiger partial charge is 0.325 e. The van der Waals surface area contributed by atoms with E-state index in [-0.39, 0.29) is 17.6 Å². The van der Waals surface area contributed by atoms with Gasteiger partial charge in [-0.25, -0.2) is 0 Å². The molecule has 0 rings (SSSR count). The zero-order valence-electron chi connectivity index (χ0n) is 15.4. The lowest BCUT2D eigenvalue weighted by molar-refractivity contribution is -0.148. The van der Waals surface area contributed by atoms with Crippen LogP contribution in [0.2, 0.25) is 0 Å². The van der Waals surface area contributed by atoms with E-state index in [0.717, 1.165) is 32.2 Å². The van der Waals surface area contributed by atoms with Crippen molar-refractivity contribution in [3.63, 3.8) is 0 Å². The molecule has 4 heteroatoms. The van der Waals surface area contributed by atoms with Gasteiger partial charge in [0.25, 0.3) is 0 Å². The fourth-order valence-corrected chi connectivity index (χ4v) is 2.50. The zero-order valence-corrected chi connectivity index (χ0v) is 15.4. The number of carbonyl (C=O) groups is 1. The summed E-state index contributed by atoms with van der Waals surface area (Å²) in [5.41, 5.74) is -0.344. The van der Waals surface area contributed by atoms with Crippen LogP contribution >= 0.6 is 0 Å². The number of esters is 1. The second kappa shape index (κ2) is 8.74. The summed E-state index contributed by atoms with van der Waals surface area (Å²) in [5.74, 6) is -0.168. The van der Waals surface area contributed by atoms with Crippen molar-refractivity contribution in [3.05, 3.63) is 0 Å². The minimum Gasteiger partial charge on any atom is -0.468 e. The Bertz CT molecular complexity index is 316. The summed E-state index contributed by atoms with van der Waals surface area (Å²) in [6.45, 7) is 13.9. The number of carbonyl (C=O) groups excluding carboxylic acids is 1. The zero-order chi connectivity index (χ0) is 16.7. The molecular weight excluding hydrogens is 264 g/mol. The molecule has 1 atom stereocenters. The Hall–Kier alpha value is -0.610. The Labute approximate surface area is 131 Å². The fourth-order valence-electron chi connectivity index (χ4n) is 2.50. The van der Waals surface area contributed by atoms with Crippen LogP contribution in [0.5, 0.6) is 0 Å². The molecule has 0 fully saturated rings. The van der Waals surface area contributed by atoms with E-state index < -0.39 is 5.54 Å². The summed E-state index contributed by atoms with van der Waals surface area (Å²) >= 11 is 0. The summed E-state index contributed by atoms with van der Waals surface area (Å²) < 4.78 is 4.95. The van der Waals surface area contributed by atoms with Crippen LogP contribution < -0.4 is 5.32 Å². The first kappa shape index (κ1) is 20.4. The quantitative estimate of drug-likeness (QED) is 0.497. The van der Waals surface area contributed by atoms with Crippen molar-refractivity contribution >= 4 is 5.97 Å². The number of methoxy groups -OCH3 is 1. The summed E-state index contributed by atoms with van der Waals surface area (Å²) in [6, 6.07) is 0.260. The van der Waals surface area contributed by atoms with Gasteiger partial charge in [0.05, 0.1) is 7.11 Å². The van der Waals surface area contributed by atoms with Crippen LogP contribution in [0.3, 0.4) is 0 Å². The highest BCUT2D eigenvalue weighted by Crippen LogP contribution is 2.20. The number of hydrogen-bond acceptors (Lipinski definition) is 4. The molecule has 0 aromatic heterocycles. The highest BCUT2D eigenvalue weighted by Gasteiger charge is 2.34. The molecule has 1 N–H and O–H groups in total. The lowest BCUT2D eigenvalue weighted by Gasteiger charge is -2.35. The SMILES string of the molecule is CCC(C)(C)N(C)CCCCC(C)(NC(C)C)C(=O)OC. The van der Waals surface area contributed by atoms with E-state index in [2.05, 4.69) is 51.9 Å². The summed E-state index contributed by atoms with van der Waals surface area (Å²) in [7, 11) is 3.63. The molecule has 1 unspecified atom stereocenters. The van der Waals surface area contributed by atoms with E-state index in [1.54, 1.807) is 0 Å². The average Bonchev–Trinajstić information content (AvgIpc) is 2.41. The maximum absolute atomic E-state index is 12.0. The lowest BCUT2D eigenvalue weighted by atomic mass is 9.93. The molecule has 0 spiro atoms. The van der Waals surface area contributed by atoms with Gasteiger partial charge in [-0.05, 0) is 73.9 Å². The van der Waals surface area contributed by atoms with E-state index in [1.807, 2.05) is 6.92 Å². The van der Waals surface area contributed by atoms with Gasteiger partial charge in [-0.1, -0.05) is 6.92 Å². The Kier molecular flexibility index (Phi) is 8.49. The molecule has 0 amide bonds. The van der Waals surface area contributed by atoms with Crippen LogP contribution in [0.25, 0.3) is 0 Å². The van der Waals surface area contributed by atoms with Gasteiger partial charge in [0.2, 0.25) is 0 Å². The molecule has 126 valence electrons. The molecule has 0 bridgehead atoms. The van der Waals surface area contributed by atoms with E-state index in [9.17, 15) is 4.79 Å². The maximum atomic E-state index is 12.0.